The average Bonchev–Trinajstić information content (AvgIpc) is 2.40. The molecule has 1 rings (SSSR count). The third kappa shape index (κ3) is 5.77. The van der Waals surface area contributed by atoms with Gasteiger partial charge in [-0.05, 0) is 11.1 Å². The fraction of sp³-hybridized carbons (Fsp3) is 0.200. The minimum Gasteiger partial charge on any atom is -0.740 e. The van der Waals surface area contributed by atoms with Gasteiger partial charge < -0.3 is 19.7 Å². The number of amides is 2. The predicted molar refractivity (Wildman–Crippen MR) is 70.3 cm³/mol. The molecule has 0 aromatic heterocycles. The van der Waals surface area contributed by atoms with Crippen molar-refractivity contribution in [1.29, 1.82) is 0 Å². The second-order valence-corrected chi connectivity index (χ2v) is 6.57. The van der Waals surface area contributed by atoms with Gasteiger partial charge in [0.05, 0.1) is 0 Å². The molecule has 12 heteroatoms. The lowest BCUT2D eigenvalue weighted by molar-refractivity contribution is 0.254. The largest absolute Gasteiger partial charge is 0.740 e. The molecule has 0 unspecified atom stereocenters. The lowest BCUT2D eigenvalue weighted by Crippen LogP contribution is -2.29. The third-order valence-corrected chi connectivity index (χ3v) is 3.52. The van der Waals surface area contributed by atoms with Crippen molar-refractivity contribution in [3.05, 3.63) is 35.4 Å². The molecule has 0 spiro atoms. The van der Waals surface area contributed by atoms with Crippen LogP contribution in [0.1, 0.15) is 11.1 Å². The molecular formula is C10H10N2O8S2-2. The molecule has 10 nitrogen and oxygen atoms in total. The zero-order valence-electron chi connectivity index (χ0n) is 10.8. The Bertz CT molecular complexity index is 722. The molecule has 0 fully saturated rings. The van der Waals surface area contributed by atoms with Crippen LogP contribution >= 0.6 is 0 Å². The highest BCUT2D eigenvalue weighted by Crippen LogP contribution is 2.06. The SMILES string of the molecule is O=C(NCc1cccc(CNC(=O)S(=O)(=O)[O-])c1)S(=O)(=O)[O-]. The molecule has 0 aliphatic rings. The Balaban J connectivity index is 2.67. The molecule has 122 valence electrons. The van der Waals surface area contributed by atoms with Crippen molar-refractivity contribution in [2.75, 3.05) is 0 Å². The Labute approximate surface area is 126 Å². The van der Waals surface area contributed by atoms with Crippen LogP contribution in [-0.2, 0) is 33.3 Å². The molecule has 2 amide bonds. The summed E-state index contributed by atoms with van der Waals surface area (Å²) < 4.78 is 62.3. The van der Waals surface area contributed by atoms with E-state index in [4.69, 9.17) is 0 Å². The summed E-state index contributed by atoms with van der Waals surface area (Å²) in [4.78, 5) is 21.8. The van der Waals surface area contributed by atoms with E-state index in [1.807, 2.05) is 10.6 Å². The number of hydrogen-bond donors (Lipinski definition) is 2. The van der Waals surface area contributed by atoms with Gasteiger partial charge in [-0.1, -0.05) is 24.3 Å². The van der Waals surface area contributed by atoms with Crippen LogP contribution in [0.3, 0.4) is 0 Å². The van der Waals surface area contributed by atoms with Gasteiger partial charge >= 0.3 is 10.5 Å². The van der Waals surface area contributed by atoms with Crippen molar-refractivity contribution in [2.45, 2.75) is 13.1 Å². The highest BCUT2D eigenvalue weighted by Gasteiger charge is 2.10. The van der Waals surface area contributed by atoms with E-state index in [9.17, 15) is 35.5 Å². The van der Waals surface area contributed by atoms with Crippen LogP contribution in [0, 0.1) is 0 Å². The summed E-state index contributed by atoms with van der Waals surface area (Å²) in [5.74, 6) is 0. The van der Waals surface area contributed by atoms with Crippen LogP contribution < -0.4 is 10.6 Å². The van der Waals surface area contributed by atoms with Crippen LogP contribution in [0.2, 0.25) is 0 Å². The van der Waals surface area contributed by atoms with E-state index in [0.717, 1.165) is 0 Å². The van der Waals surface area contributed by atoms with Gasteiger partial charge in [0.15, 0.2) is 20.2 Å². The summed E-state index contributed by atoms with van der Waals surface area (Å²) in [5.41, 5.74) is 0.794. The first kappa shape index (κ1) is 18.0. The maximum atomic E-state index is 10.9. The molecule has 1 aromatic carbocycles. The number of carbonyl (C=O) groups excluding carboxylic acids is 2. The van der Waals surface area contributed by atoms with Gasteiger partial charge in [-0.25, -0.2) is 16.8 Å². The van der Waals surface area contributed by atoms with E-state index in [1.54, 1.807) is 0 Å². The van der Waals surface area contributed by atoms with Crippen molar-refractivity contribution in [3.8, 4) is 0 Å². The van der Waals surface area contributed by atoms with Crippen molar-refractivity contribution in [2.24, 2.45) is 0 Å². The maximum Gasteiger partial charge on any atom is 0.324 e. The van der Waals surface area contributed by atoms with Gasteiger partial charge in [0.2, 0.25) is 0 Å². The van der Waals surface area contributed by atoms with E-state index in [1.165, 1.54) is 24.3 Å². The molecule has 1 aromatic rings. The lowest BCUT2D eigenvalue weighted by Gasteiger charge is -2.10. The minimum absolute atomic E-state index is 0.262. The monoisotopic (exact) mass is 350 g/mol. The zero-order chi connectivity index (χ0) is 17.0. The summed E-state index contributed by atoms with van der Waals surface area (Å²) >= 11 is 0. The highest BCUT2D eigenvalue weighted by molar-refractivity contribution is 8.01. The summed E-state index contributed by atoms with van der Waals surface area (Å²) in [6.45, 7) is -0.524. The van der Waals surface area contributed by atoms with Crippen LogP contribution in [-0.4, -0.2) is 36.4 Å². The van der Waals surface area contributed by atoms with Crippen LogP contribution in [0.5, 0.6) is 0 Å². The fourth-order valence-electron chi connectivity index (χ4n) is 1.37. The second kappa shape index (κ2) is 6.83. The standard InChI is InChI=1S/C10H12N2O8S2/c13-9(21(15,16)17)11-5-7-2-1-3-8(4-7)6-12-10(14)22(18,19)20/h1-4H,5-6H2,(H,11,13)(H,12,14)(H,15,16,17)(H,18,19,20)/p-2. The van der Waals surface area contributed by atoms with Gasteiger partial charge in [-0.2, -0.15) is 0 Å². The van der Waals surface area contributed by atoms with E-state index in [0.29, 0.717) is 11.1 Å². The summed E-state index contributed by atoms with van der Waals surface area (Å²) in [5, 5.41) is 0.411. The van der Waals surface area contributed by atoms with Gasteiger partial charge in [0.1, 0.15) is 0 Å². The Hall–Kier alpha value is -2.02. The smallest absolute Gasteiger partial charge is 0.324 e. The molecule has 0 atom stereocenters. The molecule has 0 aliphatic heterocycles. The molecule has 0 saturated carbocycles. The Morgan fingerprint density at radius 2 is 1.23 bits per heavy atom. The molecule has 22 heavy (non-hydrogen) atoms. The summed E-state index contributed by atoms with van der Waals surface area (Å²) in [7, 11) is -10.2. The van der Waals surface area contributed by atoms with Crippen molar-refractivity contribution in [3.63, 3.8) is 0 Å². The molecule has 0 saturated heterocycles. The zero-order valence-corrected chi connectivity index (χ0v) is 12.4. The number of rotatable bonds is 4. The maximum absolute atomic E-state index is 10.9. The Morgan fingerprint density at radius 1 is 0.864 bits per heavy atom. The summed E-state index contributed by atoms with van der Waals surface area (Å²) in [6, 6.07) is 5.89. The van der Waals surface area contributed by atoms with Crippen molar-refractivity contribution >= 4 is 30.7 Å². The Morgan fingerprint density at radius 3 is 1.55 bits per heavy atom. The predicted octanol–water partition coefficient (Wildman–Crippen LogP) is -0.804. The number of carbonyl (C=O) groups is 2. The first-order valence-corrected chi connectivity index (χ1v) is 8.37. The second-order valence-electron chi connectivity index (χ2n) is 4.01. The third-order valence-electron chi connectivity index (χ3n) is 2.32. The minimum atomic E-state index is -5.08. The van der Waals surface area contributed by atoms with Crippen LogP contribution in [0.25, 0.3) is 0 Å². The fourth-order valence-corrected chi connectivity index (χ4v) is 1.87. The molecule has 2 N–H and O–H groups in total. The first-order valence-electron chi connectivity index (χ1n) is 5.55. The quantitative estimate of drug-likeness (QED) is 0.663. The number of benzene rings is 1. The summed E-state index contributed by atoms with van der Waals surface area (Å²) in [6.07, 6.45) is 0. The average molecular weight is 350 g/mol. The lowest BCUT2D eigenvalue weighted by atomic mass is 10.1. The van der Waals surface area contributed by atoms with Crippen LogP contribution in [0.4, 0.5) is 9.59 Å². The van der Waals surface area contributed by atoms with E-state index >= 15 is 0 Å². The van der Waals surface area contributed by atoms with Gasteiger partial charge in [0, 0.05) is 13.1 Å². The molecular weight excluding hydrogens is 340 g/mol. The Kier molecular flexibility index (Phi) is 5.59. The molecule has 0 heterocycles. The number of nitrogens with one attached hydrogen (secondary N) is 2. The molecule has 0 radical (unpaired) electrons. The van der Waals surface area contributed by atoms with Crippen molar-refractivity contribution < 1.29 is 35.5 Å². The van der Waals surface area contributed by atoms with Crippen LogP contribution in [0.15, 0.2) is 24.3 Å². The highest BCUT2D eigenvalue weighted by atomic mass is 32.2. The van der Waals surface area contributed by atoms with E-state index in [-0.39, 0.29) is 13.1 Å². The van der Waals surface area contributed by atoms with Crippen molar-refractivity contribution in [1.82, 2.24) is 10.6 Å². The topological polar surface area (TPSA) is 173 Å². The van der Waals surface area contributed by atoms with E-state index < -0.39 is 30.7 Å². The van der Waals surface area contributed by atoms with E-state index in [2.05, 4.69) is 0 Å². The van der Waals surface area contributed by atoms with Gasteiger partial charge in [0.25, 0.3) is 0 Å². The number of hydrogen-bond acceptors (Lipinski definition) is 8. The van der Waals surface area contributed by atoms with Gasteiger partial charge in [-0.15, -0.1) is 0 Å². The van der Waals surface area contributed by atoms with Gasteiger partial charge in [-0.3, -0.25) is 9.59 Å². The normalized spacial score (nSPS) is 11.7. The molecule has 0 bridgehead atoms. The molecule has 0 aliphatic carbocycles. The first-order chi connectivity index (χ1) is 10.00.